The lowest BCUT2D eigenvalue weighted by Crippen LogP contribution is -2.25. The largest absolute Gasteiger partial charge is 0.304 e. The molecule has 1 aliphatic carbocycles. The Hall–Kier alpha value is -0.0800. The summed E-state index contributed by atoms with van der Waals surface area (Å²) >= 11 is 0. The summed E-state index contributed by atoms with van der Waals surface area (Å²) in [5.74, 6) is 6.04. The molecule has 0 unspecified atom stereocenters. The van der Waals surface area contributed by atoms with E-state index < -0.39 is 0 Å². The van der Waals surface area contributed by atoms with E-state index in [0.717, 1.165) is 5.92 Å². The van der Waals surface area contributed by atoms with E-state index in [1.807, 2.05) is 0 Å². The Labute approximate surface area is 81.8 Å². The molecule has 0 aromatic carbocycles. The van der Waals surface area contributed by atoms with Gasteiger partial charge in [0.2, 0.25) is 0 Å². The van der Waals surface area contributed by atoms with Gasteiger partial charge in [-0.1, -0.05) is 46.0 Å². The van der Waals surface area contributed by atoms with Gasteiger partial charge in [-0.2, -0.15) is 0 Å². The lowest BCUT2D eigenvalue weighted by atomic mass is 9.77. The second-order valence-electron chi connectivity index (χ2n) is 5.18. The summed E-state index contributed by atoms with van der Waals surface area (Å²) in [7, 11) is 0. The monoisotopic (exact) mass is 185 g/mol. The number of hydrogen-bond donors (Lipinski definition) is 1. The lowest BCUT2D eigenvalue weighted by molar-refractivity contribution is 0.0449. The Morgan fingerprint density at radius 2 is 1.85 bits per heavy atom. The Morgan fingerprint density at radius 1 is 1.23 bits per heavy atom. The zero-order chi connectivity index (χ0) is 9.73. The molecule has 0 bridgehead atoms. The van der Waals surface area contributed by atoms with Crippen molar-refractivity contribution in [3.63, 3.8) is 0 Å². The summed E-state index contributed by atoms with van der Waals surface area (Å²) in [5.41, 5.74) is 0.261. The molecule has 0 atom stereocenters. The number of hydrogen-bond acceptors (Lipinski definition) is 2. The van der Waals surface area contributed by atoms with Crippen LogP contribution >= 0.6 is 0 Å². The minimum Gasteiger partial charge on any atom is -0.304 e. The second kappa shape index (κ2) is 4.97. The maximum Gasteiger partial charge on any atom is 0.0730 e. The molecule has 13 heavy (non-hydrogen) atoms. The highest BCUT2D eigenvalue weighted by atomic mass is 16.6. The highest BCUT2D eigenvalue weighted by Crippen LogP contribution is 2.34. The molecule has 0 heterocycles. The summed E-state index contributed by atoms with van der Waals surface area (Å²) in [6.45, 7) is 5.17. The zero-order valence-electron chi connectivity index (χ0n) is 9.01. The topological polar surface area (TPSA) is 35.2 Å². The van der Waals surface area contributed by atoms with Gasteiger partial charge in [0.25, 0.3) is 0 Å². The summed E-state index contributed by atoms with van der Waals surface area (Å²) in [4.78, 5) is 4.75. The molecule has 0 radical (unpaired) electrons. The highest BCUT2D eigenvalue weighted by Gasteiger charge is 2.24. The van der Waals surface area contributed by atoms with Gasteiger partial charge in [0.15, 0.2) is 0 Å². The summed E-state index contributed by atoms with van der Waals surface area (Å²) in [6, 6.07) is 0. The highest BCUT2D eigenvalue weighted by molar-refractivity contribution is 4.75. The van der Waals surface area contributed by atoms with Crippen molar-refractivity contribution < 1.29 is 4.84 Å². The van der Waals surface area contributed by atoms with Gasteiger partial charge in [0, 0.05) is 0 Å². The van der Waals surface area contributed by atoms with Crippen molar-refractivity contribution in [1.82, 2.24) is 0 Å². The van der Waals surface area contributed by atoms with Crippen molar-refractivity contribution in [2.24, 2.45) is 17.2 Å². The van der Waals surface area contributed by atoms with Gasteiger partial charge in [-0.3, -0.25) is 0 Å². The molecule has 0 aromatic rings. The van der Waals surface area contributed by atoms with Crippen molar-refractivity contribution in [3.8, 4) is 0 Å². The minimum absolute atomic E-state index is 0.261. The Bertz CT molecular complexity index is 139. The molecule has 0 aliphatic heterocycles. The average molecular weight is 185 g/mol. The van der Waals surface area contributed by atoms with Gasteiger partial charge >= 0.3 is 0 Å². The number of nitrogens with two attached hydrogens (primary N) is 1. The van der Waals surface area contributed by atoms with Crippen LogP contribution in [-0.2, 0) is 4.84 Å². The van der Waals surface area contributed by atoms with E-state index in [0.29, 0.717) is 6.61 Å². The second-order valence-corrected chi connectivity index (χ2v) is 5.18. The molecule has 2 N–H and O–H groups in total. The van der Waals surface area contributed by atoms with Crippen molar-refractivity contribution >= 4 is 0 Å². The first kappa shape index (κ1) is 11.0. The fourth-order valence-corrected chi connectivity index (χ4v) is 2.46. The molecular weight excluding hydrogens is 162 g/mol. The van der Waals surface area contributed by atoms with Crippen LogP contribution < -0.4 is 5.90 Å². The van der Waals surface area contributed by atoms with E-state index in [1.165, 1.54) is 38.5 Å². The molecule has 0 amide bonds. The van der Waals surface area contributed by atoms with Gasteiger partial charge in [-0.15, -0.1) is 0 Å². The Balaban J connectivity index is 2.28. The molecular formula is C11H23NO. The van der Waals surface area contributed by atoms with Crippen LogP contribution in [0.25, 0.3) is 0 Å². The third kappa shape index (κ3) is 4.10. The zero-order valence-corrected chi connectivity index (χ0v) is 9.01. The van der Waals surface area contributed by atoms with Crippen LogP contribution in [0.15, 0.2) is 0 Å². The maximum atomic E-state index is 5.12. The van der Waals surface area contributed by atoms with Crippen LogP contribution in [0.1, 0.15) is 52.4 Å². The molecule has 1 aliphatic rings. The average Bonchev–Trinajstić information content (AvgIpc) is 2.04. The van der Waals surface area contributed by atoms with Gasteiger partial charge in [0.1, 0.15) is 0 Å². The number of rotatable bonds is 4. The molecule has 78 valence electrons. The lowest BCUT2D eigenvalue weighted by Gasteiger charge is -2.30. The fraction of sp³-hybridized carbons (Fsp3) is 1.00. The first-order valence-electron chi connectivity index (χ1n) is 5.46. The third-order valence-electron chi connectivity index (χ3n) is 3.04. The van der Waals surface area contributed by atoms with Gasteiger partial charge in [-0.25, -0.2) is 5.90 Å². The van der Waals surface area contributed by atoms with E-state index in [9.17, 15) is 0 Å². The van der Waals surface area contributed by atoms with Crippen LogP contribution in [0, 0.1) is 11.3 Å². The van der Waals surface area contributed by atoms with Crippen LogP contribution in [0.5, 0.6) is 0 Å². The molecule has 0 spiro atoms. The van der Waals surface area contributed by atoms with Crippen LogP contribution in [0.4, 0.5) is 0 Å². The quantitative estimate of drug-likeness (QED) is 0.683. The summed E-state index contributed by atoms with van der Waals surface area (Å²) in [5, 5.41) is 0. The molecule has 0 saturated heterocycles. The van der Waals surface area contributed by atoms with E-state index in [2.05, 4.69) is 13.8 Å². The van der Waals surface area contributed by atoms with E-state index in [-0.39, 0.29) is 5.41 Å². The fourth-order valence-electron chi connectivity index (χ4n) is 2.46. The minimum atomic E-state index is 0.261. The van der Waals surface area contributed by atoms with Crippen molar-refractivity contribution in [2.75, 3.05) is 6.61 Å². The summed E-state index contributed by atoms with van der Waals surface area (Å²) in [6.07, 6.45) is 8.37. The first-order chi connectivity index (χ1) is 6.14. The molecule has 0 aromatic heterocycles. The Kier molecular flexibility index (Phi) is 4.20. The molecule has 1 fully saturated rings. The summed E-state index contributed by atoms with van der Waals surface area (Å²) < 4.78 is 0. The molecule has 1 saturated carbocycles. The molecule has 1 rings (SSSR count). The standard InChI is InChI=1S/C11H23NO/c1-11(2,9-13-12)8-10-6-4-3-5-7-10/h10H,3-9,12H2,1-2H3. The molecule has 2 heteroatoms. The van der Waals surface area contributed by atoms with Crippen molar-refractivity contribution in [3.05, 3.63) is 0 Å². The van der Waals surface area contributed by atoms with Gasteiger partial charge < -0.3 is 4.84 Å². The van der Waals surface area contributed by atoms with Crippen molar-refractivity contribution in [2.45, 2.75) is 52.4 Å². The van der Waals surface area contributed by atoms with Crippen LogP contribution in [-0.4, -0.2) is 6.61 Å². The Morgan fingerprint density at radius 3 is 2.38 bits per heavy atom. The van der Waals surface area contributed by atoms with E-state index in [1.54, 1.807) is 0 Å². The molecule has 2 nitrogen and oxygen atoms in total. The van der Waals surface area contributed by atoms with Crippen LogP contribution in [0.3, 0.4) is 0 Å². The predicted octanol–water partition coefficient (Wildman–Crippen LogP) is 2.87. The predicted molar refractivity (Wildman–Crippen MR) is 55.1 cm³/mol. The van der Waals surface area contributed by atoms with E-state index >= 15 is 0 Å². The smallest absolute Gasteiger partial charge is 0.0730 e. The third-order valence-corrected chi connectivity index (χ3v) is 3.04. The van der Waals surface area contributed by atoms with Crippen molar-refractivity contribution in [1.29, 1.82) is 0 Å². The normalized spacial score (nSPS) is 20.5. The van der Waals surface area contributed by atoms with Gasteiger partial charge in [0.05, 0.1) is 6.61 Å². The first-order valence-corrected chi connectivity index (χ1v) is 5.46. The van der Waals surface area contributed by atoms with Gasteiger partial charge in [-0.05, 0) is 17.8 Å². The maximum absolute atomic E-state index is 5.12. The van der Waals surface area contributed by atoms with E-state index in [4.69, 9.17) is 10.7 Å². The SMILES string of the molecule is CC(C)(CON)CC1CCCCC1. The van der Waals surface area contributed by atoms with Crippen LogP contribution in [0.2, 0.25) is 0 Å².